The Morgan fingerprint density at radius 2 is 2.10 bits per heavy atom. The van der Waals surface area contributed by atoms with Crippen LogP contribution in [-0.2, 0) is 4.74 Å². The van der Waals surface area contributed by atoms with Gasteiger partial charge in [0.1, 0.15) is 0 Å². The van der Waals surface area contributed by atoms with E-state index in [0.717, 1.165) is 12.2 Å². The van der Waals surface area contributed by atoms with Crippen LogP contribution in [0.25, 0.3) is 0 Å². The zero-order chi connectivity index (χ0) is 15.3. The van der Waals surface area contributed by atoms with Crippen LogP contribution in [0.3, 0.4) is 0 Å². The fourth-order valence-corrected chi connectivity index (χ4v) is 3.79. The van der Waals surface area contributed by atoms with E-state index in [1.54, 1.807) is 12.1 Å². The minimum absolute atomic E-state index is 0.311. The van der Waals surface area contributed by atoms with Crippen molar-refractivity contribution in [1.29, 1.82) is 0 Å². The first-order chi connectivity index (χ1) is 10.1. The molecule has 1 fully saturated rings. The zero-order valence-corrected chi connectivity index (χ0v) is 13.6. The minimum atomic E-state index is -0.360. The Balaban J connectivity index is 2.04. The van der Waals surface area contributed by atoms with Crippen molar-refractivity contribution in [2.45, 2.75) is 36.9 Å². The van der Waals surface area contributed by atoms with Gasteiger partial charge in [-0.05, 0) is 37.3 Å². The molecule has 0 aromatic heterocycles. The largest absolute Gasteiger partial charge is 0.465 e. The van der Waals surface area contributed by atoms with Gasteiger partial charge in [0.2, 0.25) is 0 Å². The number of esters is 1. The predicted octanol–water partition coefficient (Wildman–Crippen LogP) is 3.53. The monoisotopic (exact) mass is 308 g/mol. The van der Waals surface area contributed by atoms with Gasteiger partial charge in [-0.15, -0.1) is 0 Å². The molecule has 1 saturated carbocycles. The summed E-state index contributed by atoms with van der Waals surface area (Å²) in [7, 11) is 1.37. The van der Waals surface area contributed by atoms with Gasteiger partial charge in [-0.1, -0.05) is 19.3 Å². The Morgan fingerprint density at radius 1 is 1.38 bits per heavy atom. The number of hydrogen-bond acceptors (Lipinski definition) is 5. The first kappa shape index (κ1) is 16.0. The number of methoxy groups -OCH3 is 1. The molecule has 5 heteroatoms. The first-order valence-electron chi connectivity index (χ1n) is 7.37. The van der Waals surface area contributed by atoms with E-state index in [4.69, 9.17) is 10.5 Å². The number of thioether (sulfide) groups is 1. The van der Waals surface area contributed by atoms with Crippen molar-refractivity contribution in [3.8, 4) is 0 Å². The first-order valence-corrected chi connectivity index (χ1v) is 8.59. The Labute approximate surface area is 130 Å². The van der Waals surface area contributed by atoms with Crippen molar-refractivity contribution >= 4 is 29.1 Å². The summed E-state index contributed by atoms with van der Waals surface area (Å²) in [6.45, 7) is 0.913. The molecular weight excluding hydrogens is 284 g/mol. The maximum Gasteiger partial charge on any atom is 0.337 e. The van der Waals surface area contributed by atoms with Crippen molar-refractivity contribution in [1.82, 2.24) is 0 Å². The third-order valence-electron chi connectivity index (χ3n) is 4.27. The standard InChI is InChI=1S/C16H24N2O2S/c1-20-15(19)12-6-7-14(13(17)10-12)18-11-16(21-2)8-4-3-5-9-16/h6-7,10,18H,3-5,8-9,11,17H2,1-2H3. The van der Waals surface area contributed by atoms with Crippen LogP contribution < -0.4 is 11.1 Å². The van der Waals surface area contributed by atoms with Crippen LogP contribution in [0.5, 0.6) is 0 Å². The molecule has 21 heavy (non-hydrogen) atoms. The van der Waals surface area contributed by atoms with Gasteiger partial charge in [0.25, 0.3) is 0 Å². The number of benzene rings is 1. The van der Waals surface area contributed by atoms with Crippen LogP contribution in [0.15, 0.2) is 18.2 Å². The van der Waals surface area contributed by atoms with Crippen LogP contribution in [0.2, 0.25) is 0 Å². The summed E-state index contributed by atoms with van der Waals surface area (Å²) in [5, 5.41) is 3.46. The molecule has 0 spiro atoms. The zero-order valence-electron chi connectivity index (χ0n) is 12.8. The molecule has 0 radical (unpaired) electrons. The van der Waals surface area contributed by atoms with E-state index < -0.39 is 0 Å². The molecule has 0 aliphatic heterocycles. The molecule has 4 nitrogen and oxygen atoms in total. The summed E-state index contributed by atoms with van der Waals surface area (Å²) in [6.07, 6.45) is 8.65. The highest BCUT2D eigenvalue weighted by atomic mass is 32.2. The van der Waals surface area contributed by atoms with Crippen molar-refractivity contribution in [3.05, 3.63) is 23.8 Å². The summed E-state index contributed by atoms with van der Waals surface area (Å²) in [6, 6.07) is 5.27. The molecule has 1 aliphatic rings. The van der Waals surface area contributed by atoms with Gasteiger partial charge in [-0.25, -0.2) is 4.79 Å². The molecule has 3 N–H and O–H groups in total. The second kappa shape index (κ2) is 7.07. The van der Waals surface area contributed by atoms with Crippen molar-refractivity contribution in [2.75, 3.05) is 31.0 Å². The molecule has 0 saturated heterocycles. The van der Waals surface area contributed by atoms with E-state index >= 15 is 0 Å². The lowest BCUT2D eigenvalue weighted by Gasteiger charge is -2.36. The summed E-state index contributed by atoms with van der Waals surface area (Å²) < 4.78 is 5.01. The smallest absolute Gasteiger partial charge is 0.337 e. The fourth-order valence-electron chi connectivity index (χ4n) is 2.87. The molecule has 116 valence electrons. The molecule has 0 heterocycles. The molecule has 0 bridgehead atoms. The van der Waals surface area contributed by atoms with Gasteiger partial charge in [0.05, 0.1) is 24.0 Å². The summed E-state index contributed by atoms with van der Waals surface area (Å²) in [4.78, 5) is 11.5. The van der Waals surface area contributed by atoms with Gasteiger partial charge in [-0.2, -0.15) is 11.8 Å². The van der Waals surface area contributed by atoms with Gasteiger partial charge in [0.15, 0.2) is 0 Å². The molecule has 0 unspecified atom stereocenters. The maximum absolute atomic E-state index is 11.5. The molecule has 1 aromatic carbocycles. The van der Waals surface area contributed by atoms with E-state index in [9.17, 15) is 4.79 Å². The van der Waals surface area contributed by atoms with E-state index in [1.165, 1.54) is 39.2 Å². The second-order valence-electron chi connectivity index (χ2n) is 5.59. The van der Waals surface area contributed by atoms with Crippen LogP contribution in [-0.4, -0.2) is 30.6 Å². The lowest BCUT2D eigenvalue weighted by Crippen LogP contribution is -2.35. The van der Waals surface area contributed by atoms with Gasteiger partial charge < -0.3 is 15.8 Å². The number of nitrogens with one attached hydrogen (secondary N) is 1. The summed E-state index contributed by atoms with van der Waals surface area (Å²) in [5.41, 5.74) is 8.00. The molecular formula is C16H24N2O2S. The normalized spacial score (nSPS) is 17.2. The Bertz CT molecular complexity index is 499. The third kappa shape index (κ3) is 3.84. The quantitative estimate of drug-likeness (QED) is 0.643. The summed E-state index contributed by atoms with van der Waals surface area (Å²) in [5.74, 6) is -0.360. The molecule has 1 aliphatic carbocycles. The van der Waals surface area contributed by atoms with Gasteiger partial charge in [0, 0.05) is 11.3 Å². The topological polar surface area (TPSA) is 64.3 Å². The van der Waals surface area contributed by atoms with E-state index in [-0.39, 0.29) is 5.97 Å². The van der Waals surface area contributed by atoms with E-state index in [0.29, 0.717) is 16.0 Å². The van der Waals surface area contributed by atoms with Gasteiger partial charge >= 0.3 is 5.97 Å². The lowest BCUT2D eigenvalue weighted by molar-refractivity contribution is 0.0601. The van der Waals surface area contributed by atoms with Crippen LogP contribution in [0.1, 0.15) is 42.5 Å². The Morgan fingerprint density at radius 3 is 2.67 bits per heavy atom. The minimum Gasteiger partial charge on any atom is -0.465 e. The Kier molecular flexibility index (Phi) is 5.39. The van der Waals surface area contributed by atoms with Crippen LogP contribution in [0, 0.1) is 0 Å². The number of rotatable bonds is 5. The lowest BCUT2D eigenvalue weighted by atomic mass is 9.88. The predicted molar refractivity (Wildman–Crippen MR) is 90.0 cm³/mol. The van der Waals surface area contributed by atoms with Crippen LogP contribution >= 0.6 is 11.8 Å². The molecule has 2 rings (SSSR count). The van der Waals surface area contributed by atoms with Crippen LogP contribution in [0.4, 0.5) is 11.4 Å². The average Bonchev–Trinajstić information content (AvgIpc) is 2.53. The highest BCUT2D eigenvalue weighted by molar-refractivity contribution is 8.00. The third-order valence-corrected chi connectivity index (χ3v) is 5.69. The number of carbonyl (C=O) groups excluding carboxylic acids is 1. The highest BCUT2D eigenvalue weighted by Crippen LogP contribution is 2.39. The van der Waals surface area contributed by atoms with Crippen molar-refractivity contribution in [2.24, 2.45) is 0 Å². The number of carbonyl (C=O) groups is 1. The number of ether oxygens (including phenoxy) is 1. The second-order valence-corrected chi connectivity index (χ2v) is 6.87. The fraction of sp³-hybridized carbons (Fsp3) is 0.562. The van der Waals surface area contributed by atoms with E-state index in [1.807, 2.05) is 17.8 Å². The molecule has 1 aromatic rings. The Hall–Kier alpha value is -1.36. The van der Waals surface area contributed by atoms with Crippen molar-refractivity contribution in [3.63, 3.8) is 0 Å². The average molecular weight is 308 g/mol. The summed E-state index contributed by atoms with van der Waals surface area (Å²) >= 11 is 1.95. The molecule has 0 atom stereocenters. The van der Waals surface area contributed by atoms with E-state index in [2.05, 4.69) is 11.6 Å². The van der Waals surface area contributed by atoms with Gasteiger partial charge in [-0.3, -0.25) is 0 Å². The number of anilines is 2. The highest BCUT2D eigenvalue weighted by Gasteiger charge is 2.30. The van der Waals surface area contributed by atoms with Crippen molar-refractivity contribution < 1.29 is 9.53 Å². The molecule has 0 amide bonds. The number of nitrogens with two attached hydrogens (primary N) is 1. The number of hydrogen-bond donors (Lipinski definition) is 2. The number of nitrogen functional groups attached to an aromatic ring is 1. The SMILES string of the molecule is COC(=O)c1ccc(NCC2(SC)CCCCC2)c(N)c1. The maximum atomic E-state index is 11.5.